The van der Waals surface area contributed by atoms with E-state index in [-0.39, 0.29) is 11.2 Å². The van der Waals surface area contributed by atoms with Crippen molar-refractivity contribution in [1.29, 1.82) is 0 Å². The molecule has 0 radical (unpaired) electrons. The molecule has 1 atom stereocenters. The largest absolute Gasteiger partial charge is 0.322 e. The Morgan fingerprint density at radius 1 is 1.24 bits per heavy atom. The average molecular weight is 323 g/mol. The molecule has 0 saturated heterocycles. The van der Waals surface area contributed by atoms with Crippen LogP contribution in [0.1, 0.15) is 23.7 Å². The second kappa shape index (κ2) is 5.66. The van der Waals surface area contributed by atoms with Gasteiger partial charge in [-0.15, -0.1) is 11.6 Å². The molecule has 0 bridgehead atoms. The minimum Gasteiger partial charge on any atom is -0.322 e. The van der Waals surface area contributed by atoms with Crippen LogP contribution in [0.4, 0.5) is 4.39 Å². The highest BCUT2D eigenvalue weighted by Crippen LogP contribution is 2.26. The first-order chi connectivity index (χ1) is 10.0. The van der Waals surface area contributed by atoms with E-state index in [4.69, 9.17) is 23.2 Å². The first-order valence-electron chi connectivity index (χ1n) is 6.59. The molecule has 21 heavy (non-hydrogen) atoms. The van der Waals surface area contributed by atoms with E-state index in [9.17, 15) is 4.39 Å². The van der Waals surface area contributed by atoms with Crippen molar-refractivity contribution < 1.29 is 4.39 Å². The van der Waals surface area contributed by atoms with Crippen LogP contribution in [0.25, 0.3) is 11.0 Å². The maximum Gasteiger partial charge on any atom is 0.128 e. The third-order valence-corrected chi connectivity index (χ3v) is 3.76. The fourth-order valence-corrected chi connectivity index (χ4v) is 2.78. The molecule has 3 aromatic rings. The third kappa shape index (κ3) is 2.89. The second-order valence-corrected chi connectivity index (χ2v) is 6.03. The van der Waals surface area contributed by atoms with Gasteiger partial charge >= 0.3 is 0 Å². The molecule has 0 fully saturated rings. The predicted octanol–water partition coefficient (Wildman–Crippen LogP) is 5.18. The fraction of sp³-hybridized carbons (Fsp3) is 0.188. The number of aromatic nitrogens is 2. The number of nitrogens with zero attached hydrogens (tertiary/aromatic N) is 2. The van der Waals surface area contributed by atoms with Crippen LogP contribution in [-0.2, 0) is 6.54 Å². The van der Waals surface area contributed by atoms with Crippen molar-refractivity contribution in [2.75, 3.05) is 0 Å². The van der Waals surface area contributed by atoms with Crippen LogP contribution in [0, 0.1) is 5.82 Å². The summed E-state index contributed by atoms with van der Waals surface area (Å²) in [5.74, 6) is 0.431. The molecule has 3 rings (SSSR count). The minimum absolute atomic E-state index is 0.264. The van der Waals surface area contributed by atoms with E-state index in [1.165, 1.54) is 12.1 Å². The van der Waals surface area contributed by atoms with Crippen LogP contribution >= 0.6 is 23.2 Å². The van der Waals surface area contributed by atoms with E-state index < -0.39 is 0 Å². The highest BCUT2D eigenvalue weighted by molar-refractivity contribution is 6.30. The van der Waals surface area contributed by atoms with Gasteiger partial charge in [0.25, 0.3) is 0 Å². The molecule has 2 aromatic carbocycles. The molecule has 0 aliphatic carbocycles. The zero-order valence-electron chi connectivity index (χ0n) is 11.4. The quantitative estimate of drug-likeness (QED) is 0.608. The summed E-state index contributed by atoms with van der Waals surface area (Å²) < 4.78 is 15.5. The van der Waals surface area contributed by atoms with Crippen LogP contribution in [0.5, 0.6) is 0 Å². The average Bonchev–Trinajstić information content (AvgIpc) is 2.77. The number of halogens is 3. The van der Waals surface area contributed by atoms with Gasteiger partial charge in [0.1, 0.15) is 11.6 Å². The summed E-state index contributed by atoms with van der Waals surface area (Å²) in [4.78, 5) is 4.50. The molecule has 2 nitrogen and oxygen atoms in total. The van der Waals surface area contributed by atoms with E-state index in [0.29, 0.717) is 11.6 Å². The van der Waals surface area contributed by atoms with E-state index in [0.717, 1.165) is 22.4 Å². The molecular formula is C16H13Cl2FN2. The zero-order chi connectivity index (χ0) is 15.0. The van der Waals surface area contributed by atoms with Crippen LogP contribution in [0.2, 0.25) is 5.02 Å². The lowest BCUT2D eigenvalue weighted by Crippen LogP contribution is -2.05. The van der Waals surface area contributed by atoms with E-state index in [1.807, 2.05) is 35.8 Å². The lowest BCUT2D eigenvalue weighted by atomic mass is 10.2. The zero-order valence-corrected chi connectivity index (χ0v) is 12.9. The highest BCUT2D eigenvalue weighted by atomic mass is 35.5. The Balaban J connectivity index is 2.14. The number of rotatable bonds is 3. The Kier molecular flexibility index (Phi) is 3.87. The Hall–Kier alpha value is -1.58. The SMILES string of the molecule is CC(Cl)c1nc2ccc(F)cc2n1Cc1cccc(Cl)c1. The Bertz CT molecular complexity index is 796. The first kappa shape index (κ1) is 14.4. The van der Waals surface area contributed by atoms with Crippen molar-refractivity contribution in [3.05, 3.63) is 64.7 Å². The van der Waals surface area contributed by atoms with Gasteiger partial charge in [-0.3, -0.25) is 0 Å². The third-order valence-electron chi connectivity index (χ3n) is 3.33. The number of benzene rings is 2. The number of hydrogen-bond acceptors (Lipinski definition) is 1. The minimum atomic E-state index is -0.288. The molecule has 1 heterocycles. The number of imidazole rings is 1. The Morgan fingerprint density at radius 3 is 2.76 bits per heavy atom. The van der Waals surface area contributed by atoms with Crippen molar-refractivity contribution in [3.63, 3.8) is 0 Å². The monoisotopic (exact) mass is 322 g/mol. The van der Waals surface area contributed by atoms with Crippen molar-refractivity contribution in [1.82, 2.24) is 9.55 Å². The summed E-state index contributed by atoms with van der Waals surface area (Å²) in [7, 11) is 0. The predicted molar refractivity (Wildman–Crippen MR) is 84.5 cm³/mol. The lowest BCUT2D eigenvalue weighted by molar-refractivity contribution is 0.628. The number of hydrogen-bond donors (Lipinski definition) is 0. The molecule has 0 amide bonds. The summed E-state index contributed by atoms with van der Waals surface area (Å²) in [6.07, 6.45) is 0. The van der Waals surface area contributed by atoms with Gasteiger partial charge in [0.2, 0.25) is 0 Å². The standard InChI is InChI=1S/C16H13Cl2FN2/c1-10(17)16-20-14-6-5-13(19)8-15(14)21(16)9-11-3-2-4-12(18)7-11/h2-8,10H,9H2,1H3. The summed E-state index contributed by atoms with van der Waals surface area (Å²) in [5, 5.41) is 0.406. The molecular weight excluding hydrogens is 310 g/mol. The molecule has 0 N–H and O–H groups in total. The van der Waals surface area contributed by atoms with E-state index >= 15 is 0 Å². The van der Waals surface area contributed by atoms with Gasteiger partial charge in [0, 0.05) is 11.6 Å². The molecule has 1 unspecified atom stereocenters. The maximum atomic E-state index is 13.5. The molecule has 5 heteroatoms. The highest BCUT2D eigenvalue weighted by Gasteiger charge is 2.15. The van der Waals surface area contributed by atoms with Gasteiger partial charge in [0.15, 0.2) is 0 Å². The molecule has 0 spiro atoms. The van der Waals surface area contributed by atoms with Gasteiger partial charge in [-0.25, -0.2) is 9.37 Å². The van der Waals surface area contributed by atoms with Gasteiger partial charge in [-0.2, -0.15) is 0 Å². The van der Waals surface area contributed by atoms with Gasteiger partial charge in [0.05, 0.1) is 16.4 Å². The molecule has 1 aromatic heterocycles. The smallest absolute Gasteiger partial charge is 0.128 e. The van der Waals surface area contributed by atoms with Gasteiger partial charge in [-0.1, -0.05) is 23.7 Å². The number of fused-ring (bicyclic) bond motifs is 1. The van der Waals surface area contributed by atoms with E-state index in [2.05, 4.69) is 4.98 Å². The molecule has 0 saturated carbocycles. The summed E-state index contributed by atoms with van der Waals surface area (Å²) >= 11 is 12.2. The normalized spacial score (nSPS) is 12.8. The molecule has 0 aliphatic heterocycles. The second-order valence-electron chi connectivity index (χ2n) is 4.94. The first-order valence-corrected chi connectivity index (χ1v) is 7.40. The summed E-state index contributed by atoms with van der Waals surface area (Å²) in [6.45, 7) is 2.40. The van der Waals surface area contributed by atoms with Crippen LogP contribution in [0.3, 0.4) is 0 Å². The Labute approximate surface area is 132 Å². The van der Waals surface area contributed by atoms with Crippen molar-refractivity contribution in [3.8, 4) is 0 Å². The topological polar surface area (TPSA) is 17.8 Å². The molecule has 108 valence electrons. The Morgan fingerprint density at radius 2 is 2.05 bits per heavy atom. The van der Waals surface area contributed by atoms with E-state index in [1.54, 1.807) is 6.07 Å². The van der Waals surface area contributed by atoms with Crippen molar-refractivity contribution >= 4 is 34.2 Å². The van der Waals surface area contributed by atoms with Gasteiger partial charge in [-0.05, 0) is 42.8 Å². The fourth-order valence-electron chi connectivity index (χ4n) is 2.40. The molecule has 0 aliphatic rings. The summed E-state index contributed by atoms with van der Waals surface area (Å²) in [5.41, 5.74) is 2.49. The lowest BCUT2D eigenvalue weighted by Gasteiger charge is -2.11. The van der Waals surface area contributed by atoms with Crippen LogP contribution in [-0.4, -0.2) is 9.55 Å². The van der Waals surface area contributed by atoms with Crippen molar-refractivity contribution in [2.45, 2.75) is 18.8 Å². The van der Waals surface area contributed by atoms with Crippen LogP contribution < -0.4 is 0 Å². The van der Waals surface area contributed by atoms with Crippen molar-refractivity contribution in [2.24, 2.45) is 0 Å². The summed E-state index contributed by atoms with van der Waals surface area (Å²) in [6, 6.07) is 12.1. The number of alkyl halides is 1. The van der Waals surface area contributed by atoms with Gasteiger partial charge < -0.3 is 4.57 Å². The van der Waals surface area contributed by atoms with Crippen LogP contribution in [0.15, 0.2) is 42.5 Å². The maximum absolute atomic E-state index is 13.5.